The number of hydrogen-bond donors (Lipinski definition) is 0. The SMILES string of the molecule is CC(=O)OCc1sc(Cl)nc1C(F)(F)F. The predicted molar refractivity (Wildman–Crippen MR) is 47.6 cm³/mol. The van der Waals surface area contributed by atoms with Crippen LogP contribution in [0.4, 0.5) is 13.2 Å². The Balaban J connectivity index is 2.91. The van der Waals surface area contributed by atoms with Crippen molar-refractivity contribution in [2.45, 2.75) is 19.7 Å². The highest BCUT2D eigenvalue weighted by atomic mass is 35.5. The van der Waals surface area contributed by atoms with Crippen molar-refractivity contribution < 1.29 is 22.7 Å². The molecule has 0 saturated carbocycles. The normalized spacial score (nSPS) is 11.5. The van der Waals surface area contributed by atoms with Crippen LogP contribution in [0.1, 0.15) is 17.5 Å². The Bertz CT molecular complexity index is 377. The minimum absolute atomic E-state index is 0.206. The van der Waals surface area contributed by atoms with Crippen molar-refractivity contribution in [3.05, 3.63) is 15.0 Å². The molecule has 0 aliphatic rings. The Kier molecular flexibility index (Phi) is 3.56. The summed E-state index contributed by atoms with van der Waals surface area (Å²) in [5.74, 6) is -0.660. The van der Waals surface area contributed by atoms with Gasteiger partial charge in [0.15, 0.2) is 10.2 Å². The van der Waals surface area contributed by atoms with Crippen molar-refractivity contribution in [3.63, 3.8) is 0 Å². The second-order valence-electron chi connectivity index (χ2n) is 2.52. The topological polar surface area (TPSA) is 39.2 Å². The molecule has 0 spiro atoms. The molecule has 15 heavy (non-hydrogen) atoms. The van der Waals surface area contributed by atoms with Crippen molar-refractivity contribution in [1.29, 1.82) is 0 Å². The first-order valence-electron chi connectivity index (χ1n) is 3.66. The fraction of sp³-hybridized carbons (Fsp3) is 0.429. The van der Waals surface area contributed by atoms with Gasteiger partial charge in [-0.3, -0.25) is 4.79 Å². The minimum atomic E-state index is -4.58. The van der Waals surface area contributed by atoms with Crippen molar-refractivity contribution in [2.24, 2.45) is 0 Å². The summed E-state index contributed by atoms with van der Waals surface area (Å²) >= 11 is 5.99. The second kappa shape index (κ2) is 4.36. The van der Waals surface area contributed by atoms with E-state index in [1.165, 1.54) is 0 Å². The molecule has 8 heteroatoms. The zero-order chi connectivity index (χ0) is 11.6. The fourth-order valence-electron chi connectivity index (χ4n) is 0.810. The minimum Gasteiger partial charge on any atom is -0.460 e. The van der Waals surface area contributed by atoms with Gasteiger partial charge in [0.2, 0.25) is 0 Å². The molecular weight excluding hydrogens is 255 g/mol. The van der Waals surface area contributed by atoms with Gasteiger partial charge in [-0.1, -0.05) is 11.6 Å². The number of halogens is 4. The number of alkyl halides is 3. The number of esters is 1. The van der Waals surface area contributed by atoms with Crippen molar-refractivity contribution >= 4 is 28.9 Å². The van der Waals surface area contributed by atoms with E-state index in [1.807, 2.05) is 0 Å². The molecule has 0 aliphatic carbocycles. The van der Waals surface area contributed by atoms with E-state index >= 15 is 0 Å². The Labute approximate surface area is 91.8 Å². The molecule has 0 fully saturated rings. The highest BCUT2D eigenvalue weighted by Crippen LogP contribution is 2.36. The first kappa shape index (κ1) is 12.3. The monoisotopic (exact) mass is 259 g/mol. The first-order valence-corrected chi connectivity index (χ1v) is 4.86. The lowest BCUT2D eigenvalue weighted by Gasteiger charge is -2.05. The van der Waals surface area contributed by atoms with Gasteiger partial charge >= 0.3 is 12.1 Å². The standard InChI is InChI=1S/C7H5ClF3NO2S/c1-3(13)14-2-4-5(7(9,10)11)12-6(8)15-4/h2H2,1H3. The second-order valence-corrected chi connectivity index (χ2v) is 4.18. The van der Waals surface area contributed by atoms with E-state index in [0.29, 0.717) is 11.3 Å². The lowest BCUT2D eigenvalue weighted by Crippen LogP contribution is -2.10. The van der Waals surface area contributed by atoms with Gasteiger partial charge in [-0.05, 0) is 0 Å². The summed E-state index contributed by atoms with van der Waals surface area (Å²) < 4.78 is 41.2. The van der Waals surface area contributed by atoms with Crippen LogP contribution in [0.2, 0.25) is 4.47 Å². The van der Waals surface area contributed by atoms with E-state index in [0.717, 1.165) is 6.92 Å². The maximum Gasteiger partial charge on any atom is 0.434 e. The summed E-state index contributed by atoms with van der Waals surface area (Å²) in [7, 11) is 0. The van der Waals surface area contributed by atoms with Gasteiger partial charge in [0.05, 0.1) is 4.88 Å². The van der Waals surface area contributed by atoms with E-state index in [-0.39, 0.29) is 9.34 Å². The number of nitrogens with zero attached hydrogens (tertiary/aromatic N) is 1. The molecule has 1 heterocycles. The quantitative estimate of drug-likeness (QED) is 0.767. The van der Waals surface area contributed by atoms with Gasteiger partial charge in [0.25, 0.3) is 0 Å². The molecule has 0 aromatic carbocycles. The van der Waals surface area contributed by atoms with E-state index in [4.69, 9.17) is 11.6 Å². The predicted octanol–water partition coefficient (Wildman–Crippen LogP) is 2.88. The van der Waals surface area contributed by atoms with Gasteiger partial charge in [-0.25, -0.2) is 4.98 Å². The summed E-state index contributed by atoms with van der Waals surface area (Å²) in [5, 5.41) is 0. The Hall–Kier alpha value is -0.820. The van der Waals surface area contributed by atoms with Crippen molar-refractivity contribution in [1.82, 2.24) is 4.98 Å². The third kappa shape index (κ3) is 3.35. The number of ether oxygens (including phenoxy) is 1. The fourth-order valence-corrected chi connectivity index (χ4v) is 1.89. The molecule has 0 bridgehead atoms. The van der Waals surface area contributed by atoms with Crippen molar-refractivity contribution in [3.8, 4) is 0 Å². The molecule has 0 unspecified atom stereocenters. The van der Waals surface area contributed by atoms with E-state index < -0.39 is 24.4 Å². The number of carbonyl (C=O) groups is 1. The molecule has 1 rings (SSSR count). The van der Waals surface area contributed by atoms with Gasteiger partial charge < -0.3 is 4.74 Å². The van der Waals surface area contributed by atoms with Gasteiger partial charge in [-0.2, -0.15) is 13.2 Å². The van der Waals surface area contributed by atoms with Crippen molar-refractivity contribution in [2.75, 3.05) is 0 Å². The first-order chi connectivity index (χ1) is 6.80. The average molecular weight is 260 g/mol. The number of thiazole rings is 1. The van der Waals surface area contributed by atoms with Crippen LogP contribution in [0.3, 0.4) is 0 Å². The lowest BCUT2D eigenvalue weighted by molar-refractivity contribution is -0.146. The molecule has 0 amide bonds. The van der Waals surface area contributed by atoms with Crippen LogP contribution in [0, 0.1) is 0 Å². The van der Waals surface area contributed by atoms with Crippen LogP contribution in [-0.4, -0.2) is 11.0 Å². The largest absolute Gasteiger partial charge is 0.460 e. The van der Waals surface area contributed by atoms with Crippen LogP contribution in [0.15, 0.2) is 0 Å². The molecule has 1 aromatic heterocycles. The zero-order valence-electron chi connectivity index (χ0n) is 7.39. The highest BCUT2D eigenvalue weighted by Gasteiger charge is 2.37. The number of carbonyl (C=O) groups excluding carboxylic acids is 1. The van der Waals surface area contributed by atoms with Gasteiger partial charge in [0.1, 0.15) is 6.61 Å². The summed E-state index contributed by atoms with van der Waals surface area (Å²) in [6, 6.07) is 0. The Morgan fingerprint density at radius 1 is 1.60 bits per heavy atom. The number of hydrogen-bond acceptors (Lipinski definition) is 4. The molecule has 0 radical (unpaired) electrons. The van der Waals surface area contributed by atoms with E-state index in [9.17, 15) is 18.0 Å². The smallest absolute Gasteiger partial charge is 0.434 e. The Morgan fingerprint density at radius 3 is 2.67 bits per heavy atom. The lowest BCUT2D eigenvalue weighted by atomic mass is 10.3. The molecule has 3 nitrogen and oxygen atoms in total. The molecule has 1 aromatic rings. The van der Waals surface area contributed by atoms with Crippen LogP contribution < -0.4 is 0 Å². The van der Waals surface area contributed by atoms with Crippen LogP contribution in [-0.2, 0) is 22.3 Å². The molecule has 0 atom stereocenters. The van der Waals surface area contributed by atoms with Gasteiger partial charge in [-0.15, -0.1) is 11.3 Å². The summed E-state index contributed by atoms with van der Waals surface area (Å²) in [5.41, 5.74) is -1.10. The summed E-state index contributed by atoms with van der Waals surface area (Å²) in [4.78, 5) is 13.4. The average Bonchev–Trinajstić information content (AvgIpc) is 2.42. The van der Waals surface area contributed by atoms with E-state index in [1.54, 1.807) is 0 Å². The van der Waals surface area contributed by atoms with E-state index in [2.05, 4.69) is 9.72 Å². The molecule has 0 aliphatic heterocycles. The zero-order valence-corrected chi connectivity index (χ0v) is 8.96. The number of rotatable bonds is 2. The maximum absolute atomic E-state index is 12.3. The third-order valence-electron chi connectivity index (χ3n) is 1.35. The maximum atomic E-state index is 12.3. The molecule has 0 N–H and O–H groups in total. The van der Waals surface area contributed by atoms with Gasteiger partial charge in [0, 0.05) is 6.92 Å². The summed E-state index contributed by atoms with van der Waals surface area (Å²) in [6.45, 7) is 0.643. The molecule has 84 valence electrons. The highest BCUT2D eigenvalue weighted by molar-refractivity contribution is 7.15. The van der Waals surface area contributed by atoms with Crippen LogP contribution in [0.5, 0.6) is 0 Å². The van der Waals surface area contributed by atoms with Crippen LogP contribution >= 0.6 is 22.9 Å². The third-order valence-corrected chi connectivity index (χ3v) is 2.48. The summed E-state index contributed by atoms with van der Waals surface area (Å²) in [6.07, 6.45) is -4.58. The Morgan fingerprint density at radius 2 is 2.20 bits per heavy atom. The number of aromatic nitrogens is 1. The van der Waals surface area contributed by atoms with Crippen LogP contribution in [0.25, 0.3) is 0 Å². The molecular formula is C7H5ClF3NO2S. The molecule has 0 saturated heterocycles.